The fourth-order valence-electron chi connectivity index (χ4n) is 4.08. The fraction of sp³-hybridized carbons (Fsp3) is 0.520. The van der Waals surface area contributed by atoms with E-state index in [0.29, 0.717) is 30.9 Å². The number of nitrogens with two attached hydrogens (primary N) is 1. The Morgan fingerprint density at radius 1 is 1.22 bits per heavy atom. The minimum absolute atomic E-state index is 0.00616. The molecule has 0 unspecified atom stereocenters. The van der Waals surface area contributed by atoms with Crippen LogP contribution in [0.3, 0.4) is 0 Å². The van der Waals surface area contributed by atoms with Crippen molar-refractivity contribution in [2.75, 3.05) is 39.0 Å². The van der Waals surface area contributed by atoms with E-state index in [1.165, 1.54) is 0 Å². The maximum Gasteiger partial charge on any atom is 0.327 e. The molecular weight excluding hydrogens is 462 g/mol. The van der Waals surface area contributed by atoms with Gasteiger partial charge in [-0.3, -0.25) is 14.3 Å². The van der Waals surface area contributed by atoms with E-state index in [9.17, 15) is 9.59 Å². The van der Waals surface area contributed by atoms with Crippen molar-refractivity contribution in [3.8, 4) is 6.01 Å². The number of unbranched alkanes of at least 4 members (excludes halogenated alkanes) is 1. The highest BCUT2D eigenvalue weighted by atomic mass is 16.5. The fourth-order valence-corrected chi connectivity index (χ4v) is 4.08. The molecule has 0 aliphatic carbocycles. The molecule has 2 aromatic heterocycles. The monoisotopic (exact) mass is 499 g/mol. The van der Waals surface area contributed by atoms with Gasteiger partial charge in [0.2, 0.25) is 0 Å². The average Bonchev–Trinajstić information content (AvgIpc) is 3.15. The predicted octanol–water partition coefficient (Wildman–Crippen LogP) is 2.01. The van der Waals surface area contributed by atoms with Gasteiger partial charge in [-0.05, 0) is 50.5 Å². The number of hydrogen-bond donors (Lipinski definition) is 4. The lowest BCUT2D eigenvalue weighted by molar-refractivity contribution is -0.136. The number of hydrogen-bond acceptors (Lipinski definition) is 8. The number of aromatic amines is 1. The van der Waals surface area contributed by atoms with E-state index in [1.54, 1.807) is 4.57 Å². The number of nitrogens with zero attached hydrogens (tertiary/aromatic N) is 4. The van der Waals surface area contributed by atoms with Crippen molar-refractivity contribution in [3.05, 3.63) is 45.9 Å². The topological polar surface area (TPSA) is 151 Å². The molecule has 0 spiro atoms. The summed E-state index contributed by atoms with van der Waals surface area (Å²) in [6.45, 7) is 6.25. The first-order chi connectivity index (χ1) is 17.4. The number of anilines is 1. The van der Waals surface area contributed by atoms with E-state index in [4.69, 9.17) is 15.6 Å². The molecule has 1 aromatic carbocycles. The Morgan fingerprint density at radius 3 is 2.75 bits per heavy atom. The molecule has 0 aliphatic heterocycles. The van der Waals surface area contributed by atoms with Crippen LogP contribution in [0.25, 0.3) is 11.2 Å². The molecule has 11 nitrogen and oxygen atoms in total. The summed E-state index contributed by atoms with van der Waals surface area (Å²) < 4.78 is 7.20. The lowest BCUT2D eigenvalue weighted by Crippen LogP contribution is -2.29. The molecule has 5 N–H and O–H groups in total. The number of imidazole rings is 1. The first-order valence-electron chi connectivity index (χ1n) is 12.5. The summed E-state index contributed by atoms with van der Waals surface area (Å²) >= 11 is 0. The number of fused-ring (bicyclic) bond motifs is 1. The lowest BCUT2D eigenvalue weighted by atomic mass is 10.1. The van der Waals surface area contributed by atoms with Gasteiger partial charge in [-0.2, -0.15) is 9.97 Å². The van der Waals surface area contributed by atoms with Gasteiger partial charge in [-0.15, -0.1) is 0 Å². The van der Waals surface area contributed by atoms with Gasteiger partial charge in [0.15, 0.2) is 11.5 Å². The maximum atomic E-state index is 12.6. The van der Waals surface area contributed by atoms with E-state index in [-0.39, 0.29) is 23.9 Å². The Hall–Kier alpha value is -3.44. The van der Waals surface area contributed by atoms with E-state index in [2.05, 4.69) is 32.1 Å². The largest absolute Gasteiger partial charge is 0.481 e. The van der Waals surface area contributed by atoms with Crippen molar-refractivity contribution in [2.24, 2.45) is 0 Å². The molecule has 0 bridgehead atoms. The van der Waals surface area contributed by atoms with E-state index in [1.807, 2.05) is 31.3 Å². The first kappa shape index (κ1) is 27.2. The normalized spacial score (nSPS) is 11.4. The molecule has 0 amide bonds. The highest BCUT2D eigenvalue weighted by molar-refractivity contribution is 5.81. The van der Waals surface area contributed by atoms with Crippen LogP contribution < -0.4 is 21.5 Å². The second kappa shape index (κ2) is 13.6. The number of carbonyl (C=O) groups is 1. The molecule has 0 fully saturated rings. The van der Waals surface area contributed by atoms with Crippen LogP contribution in [-0.2, 0) is 24.3 Å². The molecule has 2 heterocycles. The summed E-state index contributed by atoms with van der Waals surface area (Å²) in [7, 11) is 1.93. The highest BCUT2D eigenvalue weighted by Crippen LogP contribution is 2.18. The third-order valence-corrected chi connectivity index (χ3v) is 5.87. The van der Waals surface area contributed by atoms with Gasteiger partial charge in [-0.25, -0.2) is 4.79 Å². The molecule has 36 heavy (non-hydrogen) atoms. The average molecular weight is 500 g/mol. The zero-order valence-corrected chi connectivity index (χ0v) is 21.1. The Kier molecular flexibility index (Phi) is 10.3. The number of nitrogen functional groups attached to an aromatic ring is 1. The van der Waals surface area contributed by atoms with Crippen molar-refractivity contribution >= 4 is 23.0 Å². The SMILES string of the molecule is CCCCOc1nc(N)c2[nH]c(=O)n(CCCN(CCCNC)Cc3cccc(CC(=O)O)c3)c2n1. The van der Waals surface area contributed by atoms with Gasteiger partial charge >= 0.3 is 17.7 Å². The number of aliphatic carboxylic acids is 1. The van der Waals surface area contributed by atoms with Crippen LogP contribution in [-0.4, -0.2) is 68.8 Å². The standard InChI is InChI=1S/C25H37N7O4/c1-3-4-14-36-24-29-22(26)21-23(30-24)32(25(35)28-21)13-7-12-31(11-6-10-27-2)17-19-9-5-8-18(15-19)16-20(33)34/h5,8-9,15,27H,3-4,6-7,10-14,16-17H2,1-2H3,(H,28,35)(H,33,34)(H2,26,29,30). The highest BCUT2D eigenvalue weighted by Gasteiger charge is 2.15. The number of carboxylic acids is 1. The molecule has 0 aliphatic rings. The first-order valence-corrected chi connectivity index (χ1v) is 12.5. The molecule has 0 saturated heterocycles. The van der Waals surface area contributed by atoms with Crippen molar-refractivity contribution < 1.29 is 14.6 Å². The zero-order chi connectivity index (χ0) is 25.9. The molecule has 196 valence electrons. The van der Waals surface area contributed by atoms with E-state index < -0.39 is 5.97 Å². The number of H-pyrrole nitrogens is 1. The van der Waals surface area contributed by atoms with Crippen LogP contribution in [0.4, 0.5) is 5.82 Å². The van der Waals surface area contributed by atoms with Crippen LogP contribution in [0.15, 0.2) is 29.1 Å². The number of ether oxygens (including phenoxy) is 1. The van der Waals surface area contributed by atoms with Crippen molar-refractivity contribution in [3.63, 3.8) is 0 Å². The number of aryl methyl sites for hydroxylation is 1. The van der Waals surface area contributed by atoms with Crippen molar-refractivity contribution in [1.29, 1.82) is 0 Å². The zero-order valence-electron chi connectivity index (χ0n) is 21.1. The maximum absolute atomic E-state index is 12.6. The Morgan fingerprint density at radius 2 is 2.00 bits per heavy atom. The number of rotatable bonds is 16. The molecule has 11 heteroatoms. The van der Waals surface area contributed by atoms with Crippen LogP contribution in [0, 0.1) is 0 Å². The van der Waals surface area contributed by atoms with Gasteiger partial charge < -0.3 is 25.9 Å². The van der Waals surface area contributed by atoms with Crippen molar-refractivity contribution in [1.82, 2.24) is 29.7 Å². The number of aromatic nitrogens is 4. The van der Waals surface area contributed by atoms with Crippen LogP contribution in [0.2, 0.25) is 0 Å². The van der Waals surface area contributed by atoms with Gasteiger partial charge in [0.05, 0.1) is 13.0 Å². The summed E-state index contributed by atoms with van der Waals surface area (Å²) in [5.41, 5.74) is 8.49. The Balaban J connectivity index is 1.70. The smallest absolute Gasteiger partial charge is 0.327 e. The van der Waals surface area contributed by atoms with Crippen molar-refractivity contribution in [2.45, 2.75) is 52.1 Å². The quantitative estimate of drug-likeness (QED) is 0.217. The number of benzene rings is 1. The molecule has 0 atom stereocenters. The summed E-state index contributed by atoms with van der Waals surface area (Å²) in [4.78, 5) is 37.4. The number of nitrogens with one attached hydrogen (secondary N) is 2. The minimum atomic E-state index is -0.842. The minimum Gasteiger partial charge on any atom is -0.481 e. The van der Waals surface area contributed by atoms with E-state index in [0.717, 1.165) is 56.4 Å². The van der Waals surface area contributed by atoms with Crippen LogP contribution in [0.1, 0.15) is 43.7 Å². The van der Waals surface area contributed by atoms with Gasteiger partial charge in [0, 0.05) is 19.6 Å². The van der Waals surface area contributed by atoms with Gasteiger partial charge in [-0.1, -0.05) is 37.6 Å². The third kappa shape index (κ3) is 7.79. The van der Waals surface area contributed by atoms with E-state index >= 15 is 0 Å². The summed E-state index contributed by atoms with van der Waals surface area (Å²) in [5, 5.41) is 12.3. The van der Waals surface area contributed by atoms with Gasteiger partial charge in [0.25, 0.3) is 0 Å². The summed E-state index contributed by atoms with van der Waals surface area (Å²) in [6.07, 6.45) is 3.56. The van der Waals surface area contributed by atoms with Crippen LogP contribution >= 0.6 is 0 Å². The summed E-state index contributed by atoms with van der Waals surface area (Å²) in [6, 6.07) is 7.87. The molecule has 3 rings (SSSR count). The van der Waals surface area contributed by atoms with Gasteiger partial charge in [0.1, 0.15) is 5.52 Å². The molecular formula is C25H37N7O4. The second-order valence-electron chi connectivity index (χ2n) is 8.85. The van der Waals surface area contributed by atoms with Crippen LogP contribution in [0.5, 0.6) is 6.01 Å². The Bertz CT molecular complexity index is 1190. The second-order valence-corrected chi connectivity index (χ2v) is 8.85. The predicted molar refractivity (Wildman–Crippen MR) is 139 cm³/mol. The third-order valence-electron chi connectivity index (χ3n) is 5.87. The molecule has 3 aromatic rings. The Labute approximate surface area is 210 Å². The summed E-state index contributed by atoms with van der Waals surface area (Å²) in [5.74, 6) is -0.650. The lowest BCUT2D eigenvalue weighted by Gasteiger charge is -2.23. The number of carboxylic acid groups (broad SMARTS) is 1. The molecule has 0 radical (unpaired) electrons. The molecule has 0 saturated carbocycles.